The number of methoxy groups -OCH3 is 1. The molecule has 4 nitrogen and oxygen atoms in total. The number of nitrogens with one attached hydrogen (secondary N) is 1. The van der Waals surface area contributed by atoms with Gasteiger partial charge in [0, 0.05) is 6.42 Å². The summed E-state index contributed by atoms with van der Waals surface area (Å²) in [6.07, 6.45) is 4.68. The Labute approximate surface area is 119 Å². The Hall–Kier alpha value is -2.02. The summed E-state index contributed by atoms with van der Waals surface area (Å²) in [5.74, 6) is 0.775. The van der Waals surface area contributed by atoms with Crippen molar-refractivity contribution in [2.24, 2.45) is 0 Å². The molecule has 1 saturated carbocycles. The molecule has 0 saturated heterocycles. The van der Waals surface area contributed by atoms with Gasteiger partial charge in [0.25, 0.3) is 0 Å². The Morgan fingerprint density at radius 3 is 2.55 bits per heavy atom. The summed E-state index contributed by atoms with van der Waals surface area (Å²) in [6.45, 7) is 0. The molecule has 1 amide bonds. The maximum absolute atomic E-state index is 12.0. The number of carbonyl (C=O) groups excluding carboxylic acids is 1. The average Bonchev–Trinajstić information content (AvgIpc) is 2.95. The fourth-order valence-corrected chi connectivity index (χ4v) is 2.62. The van der Waals surface area contributed by atoms with Gasteiger partial charge in [0.15, 0.2) is 0 Å². The van der Waals surface area contributed by atoms with E-state index < -0.39 is 5.54 Å². The molecule has 1 aliphatic rings. The predicted molar refractivity (Wildman–Crippen MR) is 76.3 cm³/mol. The highest BCUT2D eigenvalue weighted by Crippen LogP contribution is 2.29. The molecule has 20 heavy (non-hydrogen) atoms. The highest BCUT2D eigenvalue weighted by Gasteiger charge is 2.35. The van der Waals surface area contributed by atoms with Gasteiger partial charge in [-0.05, 0) is 49.8 Å². The Kier molecular flexibility index (Phi) is 4.62. The Morgan fingerprint density at radius 2 is 2.00 bits per heavy atom. The van der Waals surface area contributed by atoms with E-state index in [-0.39, 0.29) is 5.91 Å². The molecule has 0 spiro atoms. The molecule has 0 aliphatic heterocycles. The monoisotopic (exact) mass is 272 g/mol. The smallest absolute Gasteiger partial charge is 0.221 e. The molecule has 1 N–H and O–H groups in total. The Balaban J connectivity index is 1.84. The molecule has 4 heteroatoms. The molecule has 1 aromatic rings. The van der Waals surface area contributed by atoms with Crippen molar-refractivity contribution in [2.75, 3.05) is 7.11 Å². The quantitative estimate of drug-likeness (QED) is 0.896. The van der Waals surface area contributed by atoms with E-state index in [2.05, 4.69) is 11.4 Å². The number of nitrogens with zero attached hydrogens (tertiary/aromatic N) is 1. The largest absolute Gasteiger partial charge is 0.497 e. The lowest BCUT2D eigenvalue weighted by Gasteiger charge is -2.21. The SMILES string of the molecule is COc1ccc(CCC(=O)NC2(C#N)CCCC2)cc1. The third kappa shape index (κ3) is 3.51. The van der Waals surface area contributed by atoms with Gasteiger partial charge in [0.1, 0.15) is 11.3 Å². The summed E-state index contributed by atoms with van der Waals surface area (Å²) in [5.41, 5.74) is 0.482. The minimum atomic E-state index is -0.614. The van der Waals surface area contributed by atoms with Crippen molar-refractivity contribution in [3.63, 3.8) is 0 Å². The molecule has 2 rings (SSSR count). The molecule has 1 fully saturated rings. The second-order valence-electron chi connectivity index (χ2n) is 5.30. The van der Waals surface area contributed by atoms with Gasteiger partial charge in [-0.15, -0.1) is 0 Å². The number of hydrogen-bond acceptors (Lipinski definition) is 3. The first-order chi connectivity index (χ1) is 9.67. The highest BCUT2D eigenvalue weighted by atomic mass is 16.5. The second kappa shape index (κ2) is 6.42. The normalized spacial score (nSPS) is 16.4. The summed E-state index contributed by atoms with van der Waals surface area (Å²) >= 11 is 0. The molecule has 0 heterocycles. The maximum atomic E-state index is 12.0. The fourth-order valence-electron chi connectivity index (χ4n) is 2.62. The minimum Gasteiger partial charge on any atom is -0.497 e. The van der Waals surface area contributed by atoms with E-state index in [9.17, 15) is 10.1 Å². The van der Waals surface area contributed by atoms with Crippen LogP contribution in [0.2, 0.25) is 0 Å². The standard InChI is InChI=1S/C16H20N2O2/c1-20-14-7-4-13(5-8-14)6-9-15(19)18-16(12-17)10-2-3-11-16/h4-5,7-8H,2-3,6,9-11H2,1H3,(H,18,19). The first kappa shape index (κ1) is 14.4. The lowest BCUT2D eigenvalue weighted by atomic mass is 9.99. The van der Waals surface area contributed by atoms with Gasteiger partial charge in [-0.1, -0.05) is 12.1 Å². The first-order valence-corrected chi connectivity index (χ1v) is 7.03. The van der Waals surface area contributed by atoms with E-state index in [0.29, 0.717) is 12.8 Å². The number of amides is 1. The van der Waals surface area contributed by atoms with E-state index in [1.165, 1.54) is 0 Å². The minimum absolute atomic E-state index is 0.0377. The lowest BCUT2D eigenvalue weighted by Crippen LogP contribution is -2.45. The van der Waals surface area contributed by atoms with Crippen LogP contribution in [0.5, 0.6) is 5.75 Å². The van der Waals surface area contributed by atoms with Gasteiger partial charge < -0.3 is 10.1 Å². The van der Waals surface area contributed by atoms with Crippen molar-refractivity contribution < 1.29 is 9.53 Å². The van der Waals surface area contributed by atoms with Gasteiger partial charge in [-0.2, -0.15) is 5.26 Å². The fraction of sp³-hybridized carbons (Fsp3) is 0.500. The molecule has 0 aromatic heterocycles. The van der Waals surface area contributed by atoms with Gasteiger partial charge in [0.05, 0.1) is 13.2 Å². The number of carbonyl (C=O) groups is 1. The number of rotatable bonds is 5. The molecule has 0 unspecified atom stereocenters. The molecule has 0 bridgehead atoms. The van der Waals surface area contributed by atoms with Crippen LogP contribution in [0.15, 0.2) is 24.3 Å². The Morgan fingerprint density at radius 1 is 1.35 bits per heavy atom. The van der Waals surface area contributed by atoms with Crippen LogP contribution in [0.1, 0.15) is 37.7 Å². The predicted octanol–water partition coefficient (Wildman–Crippen LogP) is 2.58. The molecular formula is C16H20N2O2. The molecule has 0 atom stereocenters. The van der Waals surface area contributed by atoms with Crippen molar-refractivity contribution in [3.05, 3.63) is 29.8 Å². The van der Waals surface area contributed by atoms with E-state index in [4.69, 9.17) is 4.74 Å². The van der Waals surface area contributed by atoms with Gasteiger partial charge in [-0.25, -0.2) is 0 Å². The van der Waals surface area contributed by atoms with Crippen molar-refractivity contribution in [2.45, 2.75) is 44.1 Å². The summed E-state index contributed by atoms with van der Waals surface area (Å²) in [6, 6.07) is 9.97. The Bertz CT molecular complexity index is 496. The van der Waals surface area contributed by atoms with Gasteiger partial charge in [-0.3, -0.25) is 4.79 Å². The number of nitriles is 1. The van der Waals surface area contributed by atoms with Crippen molar-refractivity contribution in [3.8, 4) is 11.8 Å². The summed E-state index contributed by atoms with van der Waals surface area (Å²) in [5, 5.41) is 12.1. The first-order valence-electron chi connectivity index (χ1n) is 7.03. The zero-order chi connectivity index (χ0) is 14.4. The highest BCUT2D eigenvalue weighted by molar-refractivity contribution is 5.77. The van der Waals surface area contributed by atoms with Crippen molar-refractivity contribution in [1.82, 2.24) is 5.32 Å². The van der Waals surface area contributed by atoms with E-state index in [1.54, 1.807) is 7.11 Å². The summed E-state index contributed by atoms with van der Waals surface area (Å²) in [4.78, 5) is 12.0. The number of aryl methyl sites for hydroxylation is 1. The second-order valence-corrected chi connectivity index (χ2v) is 5.30. The molecule has 0 radical (unpaired) electrons. The summed E-state index contributed by atoms with van der Waals surface area (Å²) in [7, 11) is 1.63. The van der Waals surface area contributed by atoms with Crippen LogP contribution in [0.25, 0.3) is 0 Å². The van der Waals surface area contributed by atoms with Crippen LogP contribution in [0.3, 0.4) is 0 Å². The van der Waals surface area contributed by atoms with E-state index in [0.717, 1.165) is 37.0 Å². The average molecular weight is 272 g/mol. The van der Waals surface area contributed by atoms with Crippen LogP contribution < -0.4 is 10.1 Å². The molecule has 1 aliphatic carbocycles. The molecule has 106 valence electrons. The van der Waals surface area contributed by atoms with Crippen LogP contribution in [0, 0.1) is 11.3 Å². The van der Waals surface area contributed by atoms with Crippen LogP contribution in [0.4, 0.5) is 0 Å². The number of hydrogen-bond donors (Lipinski definition) is 1. The van der Waals surface area contributed by atoms with Crippen LogP contribution in [-0.2, 0) is 11.2 Å². The zero-order valence-corrected chi connectivity index (χ0v) is 11.8. The number of benzene rings is 1. The lowest BCUT2D eigenvalue weighted by molar-refractivity contribution is -0.122. The van der Waals surface area contributed by atoms with Gasteiger partial charge in [0.2, 0.25) is 5.91 Å². The van der Waals surface area contributed by atoms with E-state index in [1.807, 2.05) is 24.3 Å². The summed E-state index contributed by atoms with van der Waals surface area (Å²) < 4.78 is 5.10. The van der Waals surface area contributed by atoms with Crippen molar-refractivity contribution in [1.29, 1.82) is 5.26 Å². The number of ether oxygens (including phenoxy) is 1. The topological polar surface area (TPSA) is 62.1 Å². The zero-order valence-electron chi connectivity index (χ0n) is 11.8. The van der Waals surface area contributed by atoms with Gasteiger partial charge >= 0.3 is 0 Å². The third-order valence-electron chi connectivity index (χ3n) is 3.85. The van der Waals surface area contributed by atoms with Crippen molar-refractivity contribution >= 4 is 5.91 Å². The van der Waals surface area contributed by atoms with E-state index >= 15 is 0 Å². The van der Waals surface area contributed by atoms with Crippen LogP contribution in [-0.4, -0.2) is 18.6 Å². The van der Waals surface area contributed by atoms with Crippen LogP contribution >= 0.6 is 0 Å². The third-order valence-corrected chi connectivity index (χ3v) is 3.85. The molecular weight excluding hydrogens is 252 g/mol. The molecule has 1 aromatic carbocycles. The maximum Gasteiger partial charge on any atom is 0.221 e.